The van der Waals surface area contributed by atoms with Crippen LogP contribution in [0.15, 0.2) is 36.4 Å². The maximum Gasteiger partial charge on any atom is 0.306 e. The number of aliphatic hydroxyl groups excluding tert-OH is 1. The Hall–Kier alpha value is -1.63. The fourth-order valence-corrected chi connectivity index (χ4v) is 5.23. The highest BCUT2D eigenvalue weighted by molar-refractivity contribution is 6.31. The number of aliphatic hydroxyl groups is 1. The number of carbonyl (C=O) groups excluding carboxylic acids is 1. The van der Waals surface area contributed by atoms with Gasteiger partial charge in [0.25, 0.3) is 0 Å². The third kappa shape index (κ3) is 8.19. The lowest BCUT2D eigenvalue weighted by atomic mass is 9.99. The summed E-state index contributed by atoms with van der Waals surface area (Å²) >= 11 is 12.7. The fraction of sp³-hybridized carbons (Fsp3) is 0.536. The molecule has 5 nitrogen and oxygen atoms in total. The minimum Gasteiger partial charge on any atom is -0.466 e. The van der Waals surface area contributed by atoms with Crippen LogP contribution in [-0.4, -0.2) is 54.4 Å². The van der Waals surface area contributed by atoms with Gasteiger partial charge in [0.05, 0.1) is 25.4 Å². The van der Waals surface area contributed by atoms with E-state index in [1.54, 1.807) is 6.92 Å². The zero-order chi connectivity index (χ0) is 25.4. The first kappa shape index (κ1) is 27.9. The number of benzene rings is 2. The minimum absolute atomic E-state index is 0.227. The van der Waals surface area contributed by atoms with Crippen molar-refractivity contribution in [1.82, 2.24) is 4.90 Å². The molecule has 0 unspecified atom stereocenters. The van der Waals surface area contributed by atoms with E-state index in [1.165, 1.54) is 5.56 Å². The van der Waals surface area contributed by atoms with Crippen LogP contribution in [-0.2, 0) is 27.1 Å². The number of carbonyl (C=O) groups is 1. The molecule has 0 spiro atoms. The number of esters is 1. The van der Waals surface area contributed by atoms with Crippen molar-refractivity contribution >= 4 is 29.2 Å². The van der Waals surface area contributed by atoms with Crippen LogP contribution in [0.4, 0.5) is 0 Å². The van der Waals surface area contributed by atoms with Crippen LogP contribution >= 0.6 is 23.2 Å². The Balaban J connectivity index is 1.53. The molecule has 1 N–H and O–H groups in total. The molecular weight excluding hydrogens is 485 g/mol. The van der Waals surface area contributed by atoms with Crippen molar-refractivity contribution in [2.24, 2.45) is 0 Å². The predicted molar refractivity (Wildman–Crippen MR) is 141 cm³/mol. The van der Waals surface area contributed by atoms with Crippen LogP contribution in [0.5, 0.6) is 0 Å². The number of β-amino-alcohol motifs (C(OH)–C–C–N with tert-alkyl or cyclic N) is 1. The number of ether oxygens (including phenoxy) is 2. The molecule has 0 amide bonds. The van der Waals surface area contributed by atoms with Gasteiger partial charge in [0, 0.05) is 29.1 Å². The van der Waals surface area contributed by atoms with Crippen LogP contribution in [0, 0.1) is 6.92 Å². The summed E-state index contributed by atoms with van der Waals surface area (Å²) in [6, 6.07) is 12.3. The predicted octanol–water partition coefficient (Wildman–Crippen LogP) is 5.94. The first-order valence-corrected chi connectivity index (χ1v) is 13.3. The zero-order valence-corrected chi connectivity index (χ0v) is 22.4. The van der Waals surface area contributed by atoms with Gasteiger partial charge in [-0.05, 0) is 87.4 Å². The lowest BCUT2D eigenvalue weighted by Gasteiger charge is -2.28. The van der Waals surface area contributed by atoms with E-state index in [9.17, 15) is 9.90 Å². The number of aryl methyl sites for hydroxylation is 1. The molecule has 1 saturated heterocycles. The maximum absolute atomic E-state index is 11.8. The van der Waals surface area contributed by atoms with Gasteiger partial charge in [-0.1, -0.05) is 47.5 Å². The van der Waals surface area contributed by atoms with E-state index in [1.807, 2.05) is 32.0 Å². The van der Waals surface area contributed by atoms with Crippen molar-refractivity contribution in [3.05, 3.63) is 68.7 Å². The Morgan fingerprint density at radius 2 is 2.03 bits per heavy atom. The van der Waals surface area contributed by atoms with Gasteiger partial charge < -0.3 is 14.6 Å². The van der Waals surface area contributed by atoms with E-state index in [2.05, 4.69) is 23.1 Å². The summed E-state index contributed by atoms with van der Waals surface area (Å²) in [4.78, 5) is 14.2. The standard InChI is InChI=1S/C28H37Cl2NO4/c1-4-34-28(33)13-12-25-24(8-5-9-26(25)29)20(3)35-18-23(32)17-31-14-6-7-22(31)15-21-11-10-19(2)27(30)16-21/h5,8-11,16,20,22-23,32H,4,6-7,12-15,17-18H2,1-3H3/t20-,22+,23-/m1/s1. The largest absolute Gasteiger partial charge is 0.466 e. The highest BCUT2D eigenvalue weighted by Gasteiger charge is 2.27. The summed E-state index contributed by atoms with van der Waals surface area (Å²) in [7, 11) is 0. The van der Waals surface area contributed by atoms with Crippen LogP contribution < -0.4 is 0 Å². The second-order valence-corrected chi connectivity index (χ2v) is 10.1. The Bertz CT molecular complexity index is 983. The fourth-order valence-electron chi connectivity index (χ4n) is 4.75. The van der Waals surface area contributed by atoms with Gasteiger partial charge in [0.15, 0.2) is 0 Å². The van der Waals surface area contributed by atoms with Crippen molar-refractivity contribution in [2.75, 3.05) is 26.3 Å². The third-order valence-electron chi connectivity index (χ3n) is 6.67. The van der Waals surface area contributed by atoms with E-state index >= 15 is 0 Å². The van der Waals surface area contributed by atoms with E-state index in [-0.39, 0.29) is 25.1 Å². The number of rotatable bonds is 12. The molecule has 0 saturated carbocycles. The number of hydrogen-bond donors (Lipinski definition) is 1. The average molecular weight is 523 g/mol. The topological polar surface area (TPSA) is 59.0 Å². The molecule has 192 valence electrons. The molecule has 35 heavy (non-hydrogen) atoms. The SMILES string of the molecule is CCOC(=O)CCc1c(Cl)cccc1[C@@H](C)OC[C@H](O)CN1CCC[C@H]1Cc1ccc(C)c(Cl)c1. The summed E-state index contributed by atoms with van der Waals surface area (Å²) < 4.78 is 11.1. The molecule has 1 heterocycles. The molecule has 1 fully saturated rings. The average Bonchev–Trinajstić information content (AvgIpc) is 3.25. The third-order valence-corrected chi connectivity index (χ3v) is 7.43. The molecule has 0 bridgehead atoms. The van der Waals surface area contributed by atoms with E-state index < -0.39 is 6.10 Å². The van der Waals surface area contributed by atoms with E-state index in [0.29, 0.717) is 30.6 Å². The quantitative estimate of drug-likeness (QED) is 0.350. The Morgan fingerprint density at radius 3 is 2.77 bits per heavy atom. The number of halogens is 2. The molecule has 2 aromatic carbocycles. The molecule has 1 aliphatic heterocycles. The molecule has 0 aliphatic carbocycles. The molecule has 3 atom stereocenters. The molecule has 2 aromatic rings. The smallest absolute Gasteiger partial charge is 0.306 e. The molecule has 3 rings (SSSR count). The Kier molecular flexibility index (Phi) is 10.9. The van der Waals surface area contributed by atoms with Crippen molar-refractivity contribution < 1.29 is 19.4 Å². The summed E-state index contributed by atoms with van der Waals surface area (Å²) in [5.74, 6) is -0.240. The molecule has 0 radical (unpaired) electrons. The van der Waals surface area contributed by atoms with Gasteiger partial charge in [0.2, 0.25) is 0 Å². The van der Waals surface area contributed by atoms with Crippen molar-refractivity contribution in [3.63, 3.8) is 0 Å². The summed E-state index contributed by atoms with van der Waals surface area (Å²) in [5.41, 5.74) is 4.14. The lowest BCUT2D eigenvalue weighted by molar-refractivity contribution is -0.143. The van der Waals surface area contributed by atoms with Gasteiger partial charge in [0.1, 0.15) is 0 Å². The normalized spacial score (nSPS) is 17.9. The number of nitrogens with zero attached hydrogens (tertiary/aromatic N) is 1. The van der Waals surface area contributed by atoms with Gasteiger partial charge in [-0.2, -0.15) is 0 Å². The first-order chi connectivity index (χ1) is 16.8. The van der Waals surface area contributed by atoms with Crippen LogP contribution in [0.3, 0.4) is 0 Å². The van der Waals surface area contributed by atoms with Gasteiger partial charge in [-0.3, -0.25) is 9.69 Å². The Morgan fingerprint density at radius 1 is 1.23 bits per heavy atom. The van der Waals surface area contributed by atoms with Gasteiger partial charge >= 0.3 is 5.97 Å². The second-order valence-electron chi connectivity index (χ2n) is 9.32. The summed E-state index contributed by atoms with van der Waals surface area (Å²) in [6.45, 7) is 7.89. The van der Waals surface area contributed by atoms with Crippen molar-refractivity contribution in [1.29, 1.82) is 0 Å². The van der Waals surface area contributed by atoms with Gasteiger partial charge in [-0.25, -0.2) is 0 Å². The highest BCUT2D eigenvalue weighted by Crippen LogP contribution is 2.29. The van der Waals surface area contributed by atoms with Crippen molar-refractivity contribution in [2.45, 2.75) is 71.1 Å². The maximum atomic E-state index is 11.8. The second kappa shape index (κ2) is 13.6. The molecular formula is C28H37Cl2NO4. The number of likely N-dealkylation sites (tertiary alicyclic amines) is 1. The van der Waals surface area contributed by atoms with E-state index in [4.69, 9.17) is 32.7 Å². The Labute approximate surface area is 219 Å². The molecule has 7 heteroatoms. The first-order valence-electron chi connectivity index (χ1n) is 12.5. The summed E-state index contributed by atoms with van der Waals surface area (Å²) in [6.07, 6.45) is 3.07. The number of hydrogen-bond acceptors (Lipinski definition) is 5. The van der Waals surface area contributed by atoms with Crippen LogP contribution in [0.25, 0.3) is 0 Å². The lowest BCUT2D eigenvalue weighted by Crippen LogP contribution is -2.39. The van der Waals surface area contributed by atoms with E-state index in [0.717, 1.165) is 47.5 Å². The highest BCUT2D eigenvalue weighted by atomic mass is 35.5. The summed E-state index contributed by atoms with van der Waals surface area (Å²) in [5, 5.41) is 12.2. The van der Waals surface area contributed by atoms with Crippen LogP contribution in [0.1, 0.15) is 61.5 Å². The van der Waals surface area contributed by atoms with Crippen LogP contribution in [0.2, 0.25) is 10.0 Å². The zero-order valence-electron chi connectivity index (χ0n) is 20.9. The molecule has 1 aliphatic rings. The monoisotopic (exact) mass is 521 g/mol. The van der Waals surface area contributed by atoms with Gasteiger partial charge in [-0.15, -0.1) is 0 Å². The van der Waals surface area contributed by atoms with Crippen molar-refractivity contribution in [3.8, 4) is 0 Å². The molecule has 0 aromatic heterocycles. The minimum atomic E-state index is -0.596.